The molecule has 4 rings (SSSR count). The Balaban J connectivity index is 0.000000528. The van der Waals surface area contributed by atoms with E-state index in [9.17, 15) is 0 Å². The molecule has 0 radical (unpaired) electrons. The molecule has 3 heteroatoms. The molecule has 0 aromatic rings. The third-order valence-electron chi connectivity index (χ3n) is 5.96. The quantitative estimate of drug-likeness (QED) is 0.472. The second kappa shape index (κ2) is 6.61. The molecule has 0 N–H and O–H groups in total. The molecular weight excluding hydrogens is 347 g/mol. The predicted octanol–water partition coefficient (Wildman–Crippen LogP) is 3.40. The summed E-state index contributed by atoms with van der Waals surface area (Å²) in [5.74, 6) is 2.03. The molecule has 0 aliphatic carbocycles. The van der Waals surface area contributed by atoms with Crippen molar-refractivity contribution in [3.8, 4) is 0 Å². The van der Waals surface area contributed by atoms with Gasteiger partial charge in [0.05, 0.1) is 0 Å². The molecule has 0 amide bonds. The van der Waals surface area contributed by atoms with Crippen molar-refractivity contribution in [1.29, 1.82) is 0 Å². The maximum Gasteiger partial charge on any atom is 0.0136 e. The van der Waals surface area contributed by atoms with Gasteiger partial charge >= 0.3 is 0 Å². The maximum absolute atomic E-state index is 2.87. The first kappa shape index (κ1) is 14.6. The highest BCUT2D eigenvalue weighted by atomic mass is 127. The van der Waals surface area contributed by atoms with Gasteiger partial charge in [-0.3, -0.25) is 9.80 Å². The average Bonchev–Trinajstić information content (AvgIpc) is 2.50. The molecule has 4 heterocycles. The number of fused-ring (bicyclic) bond motifs is 6. The fraction of sp³-hybridized carbons (Fsp3) is 1.00. The van der Waals surface area contributed by atoms with E-state index in [4.69, 9.17) is 0 Å². The van der Waals surface area contributed by atoms with Gasteiger partial charge in [-0.2, -0.15) is 0 Å². The summed E-state index contributed by atoms with van der Waals surface area (Å²) in [5.41, 5.74) is 0. The van der Waals surface area contributed by atoms with E-state index in [0.29, 0.717) is 0 Å². The van der Waals surface area contributed by atoms with Crippen LogP contribution in [0.5, 0.6) is 0 Å². The number of halogens is 1. The highest BCUT2D eigenvalue weighted by molar-refractivity contribution is 14.1. The molecule has 2 nitrogen and oxygen atoms in total. The lowest BCUT2D eigenvalue weighted by molar-refractivity contribution is -0.0718. The molecule has 110 valence electrons. The predicted molar refractivity (Wildman–Crippen MR) is 90.0 cm³/mol. The molecule has 4 saturated heterocycles. The summed E-state index contributed by atoms with van der Waals surface area (Å²) in [4.78, 5) is 7.71. The summed E-state index contributed by atoms with van der Waals surface area (Å²) in [6.07, 6.45) is 10.5. The lowest BCUT2D eigenvalue weighted by Gasteiger charge is -2.57. The molecule has 19 heavy (non-hydrogen) atoms. The van der Waals surface area contributed by atoms with Crippen molar-refractivity contribution < 1.29 is 0 Å². The van der Waals surface area contributed by atoms with Gasteiger partial charge in [0.15, 0.2) is 0 Å². The third kappa shape index (κ3) is 2.84. The summed E-state index contributed by atoms with van der Waals surface area (Å²) < 4.78 is 0. The first-order valence-corrected chi connectivity index (χ1v) is 10.4. The van der Waals surface area contributed by atoms with E-state index >= 15 is 0 Å². The van der Waals surface area contributed by atoms with Gasteiger partial charge in [-0.1, -0.05) is 35.4 Å². The van der Waals surface area contributed by atoms with E-state index in [1.165, 1.54) is 64.7 Å². The van der Waals surface area contributed by atoms with Crippen LogP contribution in [-0.2, 0) is 0 Å². The van der Waals surface area contributed by atoms with Crippen LogP contribution in [0.1, 0.15) is 44.9 Å². The largest absolute Gasteiger partial charge is 0.300 e. The summed E-state index contributed by atoms with van der Waals surface area (Å²) in [6, 6.07) is 1.92. The Labute approximate surface area is 132 Å². The highest BCUT2D eigenvalue weighted by Crippen LogP contribution is 2.42. The molecular formula is C16H29IN2. The summed E-state index contributed by atoms with van der Waals surface area (Å²) in [6.45, 7) is 5.68. The first-order chi connectivity index (χ1) is 9.42. The van der Waals surface area contributed by atoms with E-state index in [0.717, 1.165) is 23.9 Å². The van der Waals surface area contributed by atoms with Gasteiger partial charge in [0.25, 0.3) is 0 Å². The van der Waals surface area contributed by atoms with Gasteiger partial charge < -0.3 is 0 Å². The van der Waals surface area contributed by atoms with Crippen molar-refractivity contribution in [2.75, 3.05) is 31.1 Å². The Kier molecular flexibility index (Phi) is 5.07. The molecule has 4 aliphatic heterocycles. The summed E-state index contributed by atoms with van der Waals surface area (Å²) in [5, 5.41) is 0. The van der Waals surface area contributed by atoms with Gasteiger partial charge in [0, 0.05) is 25.2 Å². The molecule has 0 spiro atoms. The van der Waals surface area contributed by atoms with Crippen molar-refractivity contribution in [2.24, 2.45) is 11.8 Å². The Morgan fingerprint density at radius 3 is 1.68 bits per heavy atom. The Hall–Kier alpha value is 0.650. The zero-order valence-electron chi connectivity index (χ0n) is 12.4. The minimum Gasteiger partial charge on any atom is -0.300 e. The Bertz CT molecular complexity index is 268. The number of alkyl halides is 1. The average molecular weight is 376 g/mol. The highest BCUT2D eigenvalue weighted by Gasteiger charge is 2.46. The lowest BCUT2D eigenvalue weighted by atomic mass is 9.71. The van der Waals surface area contributed by atoms with Crippen LogP contribution < -0.4 is 0 Å². The zero-order valence-corrected chi connectivity index (χ0v) is 14.5. The second-order valence-corrected chi connectivity index (χ2v) is 6.87. The number of hydrogen-bond acceptors (Lipinski definition) is 2. The molecule has 4 aliphatic rings. The van der Waals surface area contributed by atoms with Crippen LogP contribution in [0.2, 0.25) is 0 Å². The standard InChI is InChI=1S/C15H26N2.CH3I/c1-3-7-16-11-13-9-12(14(16)5-1)10-17-8-4-2-6-15(13)17;1-2/h12-15H,1-11H2;1H3/t12-,13?,14+,15+;/m0./s1. The fourth-order valence-corrected chi connectivity index (χ4v) is 5.25. The van der Waals surface area contributed by atoms with Gasteiger partial charge in [-0.25, -0.2) is 0 Å². The fourth-order valence-electron chi connectivity index (χ4n) is 5.25. The second-order valence-electron chi connectivity index (χ2n) is 6.87. The smallest absolute Gasteiger partial charge is 0.0136 e. The van der Waals surface area contributed by atoms with Gasteiger partial charge in [0.1, 0.15) is 0 Å². The van der Waals surface area contributed by atoms with Crippen LogP contribution >= 0.6 is 22.6 Å². The first-order valence-electron chi connectivity index (χ1n) is 8.28. The molecule has 0 aromatic carbocycles. The molecule has 0 saturated carbocycles. The summed E-state index contributed by atoms with van der Waals surface area (Å²) in [7, 11) is 0. The number of nitrogens with zero attached hydrogens (tertiary/aromatic N) is 2. The minimum atomic E-state index is 0.961. The Morgan fingerprint density at radius 1 is 0.737 bits per heavy atom. The van der Waals surface area contributed by atoms with Crippen LogP contribution in [-0.4, -0.2) is 53.0 Å². The van der Waals surface area contributed by atoms with Gasteiger partial charge in [-0.15, -0.1) is 0 Å². The van der Waals surface area contributed by atoms with Crippen molar-refractivity contribution in [3.63, 3.8) is 0 Å². The monoisotopic (exact) mass is 376 g/mol. The minimum absolute atomic E-state index is 0.961. The Morgan fingerprint density at radius 2 is 1.21 bits per heavy atom. The SMILES string of the molecule is C1CCN2C[C@@H]3CC(CN4CCCC[C@H]34)[C@H]2C1.CI. The third-order valence-corrected chi connectivity index (χ3v) is 5.96. The van der Waals surface area contributed by atoms with E-state index in [1.807, 2.05) is 4.93 Å². The molecule has 2 bridgehead atoms. The molecule has 4 fully saturated rings. The van der Waals surface area contributed by atoms with E-state index < -0.39 is 0 Å². The molecule has 4 atom stereocenters. The van der Waals surface area contributed by atoms with Crippen LogP contribution in [0.4, 0.5) is 0 Å². The van der Waals surface area contributed by atoms with E-state index in [2.05, 4.69) is 32.4 Å². The van der Waals surface area contributed by atoms with Crippen LogP contribution in [0, 0.1) is 11.8 Å². The normalized spacial score (nSPS) is 42.6. The molecule has 0 aromatic heterocycles. The van der Waals surface area contributed by atoms with E-state index in [-0.39, 0.29) is 0 Å². The van der Waals surface area contributed by atoms with Crippen molar-refractivity contribution >= 4 is 22.6 Å². The number of piperidine rings is 4. The molecule has 1 unspecified atom stereocenters. The number of hydrogen-bond donors (Lipinski definition) is 0. The van der Waals surface area contributed by atoms with Crippen molar-refractivity contribution in [1.82, 2.24) is 9.80 Å². The topological polar surface area (TPSA) is 6.48 Å². The van der Waals surface area contributed by atoms with Crippen LogP contribution in [0.15, 0.2) is 0 Å². The maximum atomic E-state index is 2.87. The number of rotatable bonds is 0. The lowest BCUT2D eigenvalue weighted by Crippen LogP contribution is -2.63. The van der Waals surface area contributed by atoms with Crippen LogP contribution in [0.3, 0.4) is 0 Å². The van der Waals surface area contributed by atoms with Gasteiger partial charge in [0.2, 0.25) is 0 Å². The van der Waals surface area contributed by atoms with Crippen molar-refractivity contribution in [3.05, 3.63) is 0 Å². The van der Waals surface area contributed by atoms with Gasteiger partial charge in [-0.05, 0) is 62.0 Å². The summed E-state index contributed by atoms with van der Waals surface area (Å²) >= 11 is 2.15. The van der Waals surface area contributed by atoms with Crippen LogP contribution in [0.25, 0.3) is 0 Å². The zero-order chi connectivity index (χ0) is 13.2. The van der Waals surface area contributed by atoms with Crippen molar-refractivity contribution in [2.45, 2.75) is 57.0 Å². The van der Waals surface area contributed by atoms with E-state index in [1.54, 1.807) is 6.42 Å².